The Kier molecular flexibility index (Phi) is 10.00. The van der Waals surface area contributed by atoms with E-state index in [-0.39, 0.29) is 31.1 Å². The van der Waals surface area contributed by atoms with Crippen molar-refractivity contribution in [2.75, 3.05) is 18.6 Å². The molecule has 0 saturated carbocycles. The molecule has 30 heavy (non-hydrogen) atoms. The lowest BCUT2D eigenvalue weighted by Gasteiger charge is -2.19. The SMILES string of the molecule is CSCCC(NC(=O)COc1ccccc1)C(=O)NCc1cccnc1OC(C)C. The van der Waals surface area contributed by atoms with Crippen LogP contribution in [0.2, 0.25) is 0 Å². The van der Waals surface area contributed by atoms with Crippen LogP contribution in [0.15, 0.2) is 48.7 Å². The molecule has 0 saturated heterocycles. The van der Waals surface area contributed by atoms with E-state index in [0.29, 0.717) is 18.1 Å². The molecule has 7 nitrogen and oxygen atoms in total. The summed E-state index contributed by atoms with van der Waals surface area (Å²) >= 11 is 1.62. The van der Waals surface area contributed by atoms with Crippen molar-refractivity contribution >= 4 is 23.6 Å². The van der Waals surface area contributed by atoms with Gasteiger partial charge in [-0.05, 0) is 50.5 Å². The minimum absolute atomic E-state index is 0.0208. The fourth-order valence-electron chi connectivity index (χ4n) is 2.60. The van der Waals surface area contributed by atoms with Crippen LogP contribution in [0.1, 0.15) is 25.8 Å². The summed E-state index contributed by atoms with van der Waals surface area (Å²) in [5.41, 5.74) is 0.780. The molecule has 1 heterocycles. The molecule has 1 aromatic heterocycles. The molecule has 0 aliphatic carbocycles. The summed E-state index contributed by atoms with van der Waals surface area (Å²) in [5, 5.41) is 5.65. The van der Waals surface area contributed by atoms with Crippen molar-refractivity contribution in [3.05, 3.63) is 54.2 Å². The number of amides is 2. The molecule has 2 amide bonds. The third-order valence-corrected chi connectivity index (χ3v) is 4.67. The fraction of sp³-hybridized carbons (Fsp3) is 0.409. The number of aromatic nitrogens is 1. The fourth-order valence-corrected chi connectivity index (χ4v) is 3.07. The van der Waals surface area contributed by atoms with E-state index in [4.69, 9.17) is 9.47 Å². The average molecular weight is 432 g/mol. The van der Waals surface area contributed by atoms with E-state index >= 15 is 0 Å². The lowest BCUT2D eigenvalue weighted by atomic mass is 10.2. The number of hydrogen-bond donors (Lipinski definition) is 2. The summed E-state index contributed by atoms with van der Waals surface area (Å²) < 4.78 is 11.2. The van der Waals surface area contributed by atoms with Crippen molar-refractivity contribution in [1.82, 2.24) is 15.6 Å². The highest BCUT2D eigenvalue weighted by Crippen LogP contribution is 2.15. The zero-order valence-corrected chi connectivity index (χ0v) is 18.4. The van der Waals surface area contributed by atoms with Gasteiger partial charge in [-0.3, -0.25) is 9.59 Å². The maximum absolute atomic E-state index is 12.7. The second-order valence-electron chi connectivity index (χ2n) is 6.86. The summed E-state index contributed by atoms with van der Waals surface area (Å²) in [7, 11) is 0. The molecule has 2 N–H and O–H groups in total. The standard InChI is InChI=1S/C22H29N3O4S/c1-16(2)29-22-17(8-7-12-23-22)14-24-21(27)19(11-13-30-3)25-20(26)15-28-18-9-5-4-6-10-18/h4-10,12,16,19H,11,13-15H2,1-3H3,(H,24,27)(H,25,26). The predicted octanol–water partition coefficient (Wildman–Crippen LogP) is 2.80. The van der Waals surface area contributed by atoms with Gasteiger partial charge in [0, 0.05) is 18.3 Å². The van der Waals surface area contributed by atoms with Gasteiger partial charge >= 0.3 is 0 Å². The van der Waals surface area contributed by atoms with Gasteiger partial charge in [-0.2, -0.15) is 11.8 Å². The van der Waals surface area contributed by atoms with Gasteiger partial charge in [-0.25, -0.2) is 4.98 Å². The lowest BCUT2D eigenvalue weighted by Crippen LogP contribution is -2.48. The summed E-state index contributed by atoms with van der Waals surface area (Å²) in [6.07, 6.45) is 4.11. The Bertz CT molecular complexity index is 802. The first-order valence-corrected chi connectivity index (χ1v) is 11.2. The van der Waals surface area contributed by atoms with Crippen LogP contribution in [-0.2, 0) is 16.1 Å². The van der Waals surface area contributed by atoms with Crippen molar-refractivity contribution in [2.45, 2.75) is 39.0 Å². The number of para-hydroxylation sites is 1. The van der Waals surface area contributed by atoms with Gasteiger partial charge in [-0.1, -0.05) is 24.3 Å². The van der Waals surface area contributed by atoms with Crippen molar-refractivity contribution < 1.29 is 19.1 Å². The summed E-state index contributed by atoms with van der Waals surface area (Å²) in [5.74, 6) is 1.24. The van der Waals surface area contributed by atoms with Gasteiger partial charge in [0.1, 0.15) is 11.8 Å². The minimum Gasteiger partial charge on any atom is -0.484 e. The average Bonchev–Trinajstić information content (AvgIpc) is 2.74. The molecule has 1 aromatic carbocycles. The first kappa shape index (κ1) is 23.5. The maximum atomic E-state index is 12.7. The zero-order valence-electron chi connectivity index (χ0n) is 17.6. The van der Waals surface area contributed by atoms with Crippen LogP contribution < -0.4 is 20.1 Å². The van der Waals surface area contributed by atoms with Crippen LogP contribution in [0.25, 0.3) is 0 Å². The molecule has 2 rings (SSSR count). The second kappa shape index (κ2) is 12.7. The zero-order chi connectivity index (χ0) is 21.8. The largest absolute Gasteiger partial charge is 0.484 e. The number of carbonyl (C=O) groups excluding carboxylic acids is 2. The molecule has 2 aromatic rings. The molecular formula is C22H29N3O4S. The summed E-state index contributed by atoms with van der Waals surface area (Å²) in [6, 6.07) is 12.1. The Balaban J connectivity index is 1.92. The van der Waals surface area contributed by atoms with Crippen molar-refractivity contribution in [1.29, 1.82) is 0 Å². The summed E-state index contributed by atoms with van der Waals surface area (Å²) in [4.78, 5) is 29.2. The molecular weight excluding hydrogens is 402 g/mol. The van der Waals surface area contributed by atoms with Gasteiger partial charge in [0.2, 0.25) is 11.8 Å². The van der Waals surface area contributed by atoms with Crippen LogP contribution >= 0.6 is 11.8 Å². The van der Waals surface area contributed by atoms with Gasteiger partial charge in [-0.15, -0.1) is 0 Å². The Labute approximate surface area is 181 Å². The number of nitrogens with one attached hydrogen (secondary N) is 2. The Morgan fingerprint density at radius 1 is 1.13 bits per heavy atom. The smallest absolute Gasteiger partial charge is 0.258 e. The Morgan fingerprint density at radius 2 is 1.90 bits per heavy atom. The first-order valence-electron chi connectivity index (χ1n) is 9.84. The number of thioether (sulfide) groups is 1. The number of hydrogen-bond acceptors (Lipinski definition) is 6. The molecule has 162 valence electrons. The molecule has 0 radical (unpaired) electrons. The molecule has 0 bridgehead atoms. The Hall–Kier alpha value is -2.74. The summed E-state index contributed by atoms with van der Waals surface area (Å²) in [6.45, 7) is 3.95. The maximum Gasteiger partial charge on any atom is 0.258 e. The molecule has 0 fully saturated rings. The van der Waals surface area contributed by atoms with Gasteiger partial charge in [0.05, 0.1) is 6.10 Å². The third-order valence-electron chi connectivity index (χ3n) is 4.03. The minimum atomic E-state index is -0.643. The molecule has 1 unspecified atom stereocenters. The number of carbonyl (C=O) groups is 2. The monoisotopic (exact) mass is 431 g/mol. The van der Waals surface area contributed by atoms with Gasteiger partial charge in [0.25, 0.3) is 5.91 Å². The van der Waals surface area contributed by atoms with E-state index in [2.05, 4.69) is 15.6 Å². The van der Waals surface area contributed by atoms with Crippen LogP contribution in [0.4, 0.5) is 0 Å². The molecule has 1 atom stereocenters. The van der Waals surface area contributed by atoms with E-state index in [0.717, 1.165) is 11.3 Å². The number of pyridine rings is 1. The number of ether oxygens (including phenoxy) is 2. The van der Waals surface area contributed by atoms with Crippen LogP contribution in [0.5, 0.6) is 11.6 Å². The van der Waals surface area contributed by atoms with Gasteiger partial charge in [0.15, 0.2) is 6.61 Å². The highest BCUT2D eigenvalue weighted by Gasteiger charge is 2.21. The normalized spacial score (nSPS) is 11.6. The van der Waals surface area contributed by atoms with Crippen LogP contribution in [0.3, 0.4) is 0 Å². The van der Waals surface area contributed by atoms with E-state index in [1.165, 1.54) is 0 Å². The molecule has 8 heteroatoms. The molecule has 0 aliphatic heterocycles. The first-order chi connectivity index (χ1) is 14.5. The van der Waals surface area contributed by atoms with Crippen LogP contribution in [0, 0.1) is 0 Å². The highest BCUT2D eigenvalue weighted by molar-refractivity contribution is 7.98. The van der Waals surface area contributed by atoms with E-state index in [1.807, 2.05) is 44.4 Å². The second-order valence-corrected chi connectivity index (χ2v) is 7.84. The van der Waals surface area contributed by atoms with E-state index in [1.54, 1.807) is 36.2 Å². The quantitative estimate of drug-likeness (QED) is 0.537. The highest BCUT2D eigenvalue weighted by atomic mass is 32.2. The molecule has 0 aliphatic rings. The Morgan fingerprint density at radius 3 is 2.60 bits per heavy atom. The number of rotatable bonds is 12. The van der Waals surface area contributed by atoms with Gasteiger partial charge < -0.3 is 20.1 Å². The topological polar surface area (TPSA) is 89.5 Å². The third kappa shape index (κ3) is 8.32. The van der Waals surface area contributed by atoms with E-state index < -0.39 is 6.04 Å². The van der Waals surface area contributed by atoms with Crippen molar-refractivity contribution in [2.24, 2.45) is 0 Å². The van der Waals surface area contributed by atoms with E-state index in [9.17, 15) is 9.59 Å². The van der Waals surface area contributed by atoms with Crippen molar-refractivity contribution in [3.63, 3.8) is 0 Å². The number of benzene rings is 1. The molecule has 0 spiro atoms. The van der Waals surface area contributed by atoms with Crippen molar-refractivity contribution in [3.8, 4) is 11.6 Å². The van der Waals surface area contributed by atoms with Crippen LogP contribution in [-0.4, -0.2) is 47.6 Å². The number of nitrogens with zero attached hydrogens (tertiary/aromatic N) is 1. The predicted molar refractivity (Wildman–Crippen MR) is 119 cm³/mol. The lowest BCUT2D eigenvalue weighted by molar-refractivity contribution is -0.130.